The van der Waals surface area contributed by atoms with Gasteiger partial charge in [-0.3, -0.25) is 0 Å². The minimum absolute atomic E-state index is 0.0662. The highest BCUT2D eigenvalue weighted by atomic mass is 32.1. The van der Waals surface area contributed by atoms with Crippen molar-refractivity contribution in [3.8, 4) is 33.3 Å². The van der Waals surface area contributed by atoms with Crippen LogP contribution in [0.4, 0.5) is 0 Å². The Kier molecular flexibility index (Phi) is 6.84. The molecule has 226 valence electrons. The number of thiophene rings is 2. The average Bonchev–Trinajstić information content (AvgIpc) is 3.86. The number of aliphatic carboxylic acids is 1. The summed E-state index contributed by atoms with van der Waals surface area (Å²) in [5, 5.41) is 20.6. The highest BCUT2D eigenvalue weighted by Gasteiger charge is 2.35. The summed E-state index contributed by atoms with van der Waals surface area (Å²) in [5.41, 5.74) is 9.79. The lowest BCUT2D eigenvalue weighted by Gasteiger charge is -2.22. The molecule has 8 rings (SSSR count). The lowest BCUT2D eigenvalue weighted by molar-refractivity contribution is -0.132. The molecular formula is C41H28N2O2S2. The van der Waals surface area contributed by atoms with E-state index >= 15 is 0 Å². The fourth-order valence-corrected chi connectivity index (χ4v) is 8.58. The van der Waals surface area contributed by atoms with E-state index in [1.165, 1.54) is 77.6 Å². The van der Waals surface area contributed by atoms with Crippen molar-refractivity contribution >= 4 is 68.7 Å². The zero-order valence-corrected chi connectivity index (χ0v) is 27.3. The fourth-order valence-electron chi connectivity index (χ4n) is 6.82. The normalized spacial score (nSPS) is 13.7. The quantitative estimate of drug-likeness (QED) is 0.145. The molecule has 0 saturated heterocycles. The van der Waals surface area contributed by atoms with Crippen molar-refractivity contribution in [2.75, 3.05) is 0 Å². The van der Waals surface area contributed by atoms with E-state index in [-0.39, 0.29) is 11.0 Å². The summed E-state index contributed by atoms with van der Waals surface area (Å²) in [7, 11) is 0. The maximum absolute atomic E-state index is 11.2. The molecule has 0 saturated carbocycles. The summed E-state index contributed by atoms with van der Waals surface area (Å²) in [6, 6.07) is 40.9. The molecule has 0 unspecified atom stereocenters. The smallest absolute Gasteiger partial charge is 0.346 e. The van der Waals surface area contributed by atoms with Crippen molar-refractivity contribution < 1.29 is 9.90 Å². The number of para-hydroxylation sites is 1. The highest BCUT2D eigenvalue weighted by molar-refractivity contribution is 7.16. The molecule has 0 bridgehead atoms. The van der Waals surface area contributed by atoms with E-state index < -0.39 is 5.97 Å². The number of carboxylic acids is 1. The summed E-state index contributed by atoms with van der Waals surface area (Å²) in [4.78, 5) is 15.2. The molecule has 3 heterocycles. The van der Waals surface area contributed by atoms with Crippen molar-refractivity contribution in [3.05, 3.63) is 141 Å². The Balaban J connectivity index is 1.14. The average molecular weight is 645 g/mol. The molecule has 0 aliphatic heterocycles. The molecular weight excluding hydrogens is 617 g/mol. The van der Waals surface area contributed by atoms with Crippen LogP contribution in [0, 0.1) is 11.3 Å². The lowest BCUT2D eigenvalue weighted by atomic mass is 9.82. The molecule has 4 aromatic carbocycles. The van der Waals surface area contributed by atoms with Gasteiger partial charge in [-0.2, -0.15) is 5.26 Å². The highest BCUT2D eigenvalue weighted by Crippen LogP contribution is 2.49. The first kappa shape index (κ1) is 29.0. The first-order valence-corrected chi connectivity index (χ1v) is 17.0. The second-order valence-electron chi connectivity index (χ2n) is 12.2. The summed E-state index contributed by atoms with van der Waals surface area (Å²) in [6.07, 6.45) is 5.51. The van der Waals surface area contributed by atoms with E-state index in [1.54, 1.807) is 17.4 Å². The van der Waals surface area contributed by atoms with Crippen LogP contribution >= 0.6 is 22.7 Å². The van der Waals surface area contributed by atoms with Crippen molar-refractivity contribution in [2.24, 2.45) is 0 Å². The SMILES string of the molecule is CC1(C)c2ccccc2-c2ccc(-n3c4ccccc4c4cc(-c5ccc(C=Cc6ccc(C=C(C#N)C(=O)O)s6)s5)ccc43)cc21. The van der Waals surface area contributed by atoms with Crippen LogP contribution in [-0.2, 0) is 10.2 Å². The Labute approximate surface area is 280 Å². The second kappa shape index (κ2) is 11.1. The zero-order valence-electron chi connectivity index (χ0n) is 25.7. The van der Waals surface area contributed by atoms with Gasteiger partial charge in [0.1, 0.15) is 11.6 Å². The summed E-state index contributed by atoms with van der Waals surface area (Å²) in [5.74, 6) is -1.22. The summed E-state index contributed by atoms with van der Waals surface area (Å²) < 4.78 is 2.40. The molecule has 1 aliphatic rings. The standard InChI is InChI=1S/C41H28N2O2S2/c1-41(2)35-9-5-3-7-31(35)32-18-12-27(23-36(32)41)43-37-10-6-4-8-33(37)34-22-25(11-19-38(34)43)39-20-17-29(47-39)14-13-28-15-16-30(46-28)21-26(24-42)40(44)45/h3-23H,1-2H3,(H,44,45). The van der Waals surface area contributed by atoms with Crippen molar-refractivity contribution in [1.29, 1.82) is 5.26 Å². The molecule has 0 radical (unpaired) electrons. The molecule has 4 nitrogen and oxygen atoms in total. The third kappa shape index (κ3) is 4.83. The molecule has 0 amide bonds. The van der Waals surface area contributed by atoms with E-state index in [9.17, 15) is 4.79 Å². The van der Waals surface area contributed by atoms with Crippen molar-refractivity contribution in [2.45, 2.75) is 19.3 Å². The first-order valence-electron chi connectivity index (χ1n) is 15.3. The first-order chi connectivity index (χ1) is 22.8. The molecule has 7 aromatic rings. The molecule has 0 spiro atoms. The van der Waals surface area contributed by atoms with Gasteiger partial charge in [-0.25, -0.2) is 4.79 Å². The van der Waals surface area contributed by atoms with Gasteiger partial charge in [0.2, 0.25) is 0 Å². The van der Waals surface area contributed by atoms with Gasteiger partial charge in [0.15, 0.2) is 0 Å². The van der Waals surface area contributed by atoms with Gasteiger partial charge in [-0.15, -0.1) is 22.7 Å². The minimum Gasteiger partial charge on any atom is -0.477 e. The Morgan fingerprint density at radius 1 is 0.745 bits per heavy atom. The molecule has 1 aliphatic carbocycles. The van der Waals surface area contributed by atoms with Crippen LogP contribution in [0.1, 0.15) is 39.6 Å². The summed E-state index contributed by atoms with van der Waals surface area (Å²) in [6.45, 7) is 4.65. The van der Waals surface area contributed by atoms with Gasteiger partial charge >= 0.3 is 5.97 Å². The topological polar surface area (TPSA) is 66.0 Å². The number of hydrogen-bond donors (Lipinski definition) is 1. The van der Waals surface area contributed by atoms with Crippen LogP contribution in [0.2, 0.25) is 0 Å². The zero-order chi connectivity index (χ0) is 32.3. The van der Waals surface area contributed by atoms with Gasteiger partial charge in [0.25, 0.3) is 0 Å². The number of hydrogen-bond acceptors (Lipinski definition) is 4. The summed E-state index contributed by atoms with van der Waals surface area (Å²) >= 11 is 3.18. The number of carboxylic acid groups (broad SMARTS) is 1. The third-order valence-corrected chi connectivity index (χ3v) is 11.2. The fraction of sp³-hybridized carbons (Fsp3) is 0.0732. The Hall–Kier alpha value is -5.48. The Bertz CT molecular complexity index is 2500. The van der Waals surface area contributed by atoms with Crippen LogP contribution in [0.15, 0.2) is 115 Å². The number of nitrogens with zero attached hydrogens (tertiary/aromatic N) is 2. The number of nitriles is 1. The number of carbonyl (C=O) groups is 1. The molecule has 0 fully saturated rings. The van der Waals surface area contributed by atoms with Gasteiger partial charge in [-0.05, 0) is 101 Å². The number of benzene rings is 4. The molecule has 0 atom stereocenters. The predicted octanol–water partition coefficient (Wildman–Crippen LogP) is 11.0. The third-order valence-electron chi connectivity index (χ3n) is 9.11. The van der Waals surface area contributed by atoms with E-state index in [1.807, 2.05) is 18.2 Å². The maximum Gasteiger partial charge on any atom is 0.346 e. The Morgan fingerprint density at radius 3 is 2.28 bits per heavy atom. The van der Waals surface area contributed by atoms with Gasteiger partial charge in [0.05, 0.1) is 11.0 Å². The number of aromatic nitrogens is 1. The molecule has 3 aromatic heterocycles. The van der Waals surface area contributed by atoms with E-state index in [0.717, 1.165) is 14.6 Å². The lowest BCUT2D eigenvalue weighted by Crippen LogP contribution is -2.15. The largest absolute Gasteiger partial charge is 0.477 e. The van der Waals surface area contributed by atoms with Crippen LogP contribution in [0.3, 0.4) is 0 Å². The van der Waals surface area contributed by atoms with Crippen LogP contribution in [0.5, 0.6) is 0 Å². The maximum atomic E-state index is 11.2. The van der Waals surface area contributed by atoms with E-state index in [2.05, 4.69) is 122 Å². The van der Waals surface area contributed by atoms with Crippen LogP contribution < -0.4 is 0 Å². The minimum atomic E-state index is -1.22. The van der Waals surface area contributed by atoms with Gasteiger partial charge in [0, 0.05) is 41.4 Å². The number of fused-ring (bicyclic) bond motifs is 6. The monoisotopic (exact) mass is 644 g/mol. The van der Waals surface area contributed by atoms with Gasteiger partial charge in [-0.1, -0.05) is 68.4 Å². The van der Waals surface area contributed by atoms with E-state index in [4.69, 9.17) is 10.4 Å². The molecule has 6 heteroatoms. The second-order valence-corrected chi connectivity index (χ2v) is 14.5. The molecule has 47 heavy (non-hydrogen) atoms. The molecule has 1 N–H and O–H groups in total. The number of rotatable bonds is 6. The van der Waals surface area contributed by atoms with Crippen molar-refractivity contribution in [1.82, 2.24) is 4.57 Å². The van der Waals surface area contributed by atoms with Crippen molar-refractivity contribution in [3.63, 3.8) is 0 Å². The predicted molar refractivity (Wildman–Crippen MR) is 196 cm³/mol. The van der Waals surface area contributed by atoms with Gasteiger partial charge < -0.3 is 9.67 Å². The van der Waals surface area contributed by atoms with E-state index in [0.29, 0.717) is 0 Å². The Morgan fingerprint density at radius 2 is 1.45 bits per heavy atom. The van der Waals surface area contributed by atoms with Crippen LogP contribution in [-0.4, -0.2) is 15.6 Å². The van der Waals surface area contributed by atoms with Crippen LogP contribution in [0.25, 0.3) is 67.3 Å².